The van der Waals surface area contributed by atoms with Crippen molar-refractivity contribution in [3.8, 4) is 5.69 Å². The van der Waals surface area contributed by atoms with Gasteiger partial charge in [-0.05, 0) is 47.9 Å². The first-order valence-corrected chi connectivity index (χ1v) is 6.51. The molecule has 3 N–H and O–H groups in total. The SMILES string of the molecule is CC(NC1CC1)(C(N)=O)c1cccc(-n2cnnn2)c1. The van der Waals surface area contributed by atoms with Crippen molar-refractivity contribution in [3.63, 3.8) is 0 Å². The summed E-state index contributed by atoms with van der Waals surface area (Å²) < 4.78 is 1.54. The van der Waals surface area contributed by atoms with Crippen molar-refractivity contribution in [1.29, 1.82) is 0 Å². The first kappa shape index (κ1) is 12.7. The number of tetrazole rings is 1. The number of hydrogen-bond donors (Lipinski definition) is 2. The van der Waals surface area contributed by atoms with Crippen LogP contribution in [0.3, 0.4) is 0 Å². The van der Waals surface area contributed by atoms with Gasteiger partial charge in [0, 0.05) is 6.04 Å². The van der Waals surface area contributed by atoms with Crippen molar-refractivity contribution in [1.82, 2.24) is 25.5 Å². The fourth-order valence-corrected chi connectivity index (χ4v) is 2.17. The molecule has 1 aromatic carbocycles. The third kappa shape index (κ3) is 2.27. The van der Waals surface area contributed by atoms with Crippen LogP contribution in [0.4, 0.5) is 0 Å². The van der Waals surface area contributed by atoms with Gasteiger partial charge in [0.2, 0.25) is 5.91 Å². The van der Waals surface area contributed by atoms with Crippen LogP contribution in [0.5, 0.6) is 0 Å². The molecule has 1 fully saturated rings. The van der Waals surface area contributed by atoms with Crippen molar-refractivity contribution in [2.75, 3.05) is 0 Å². The lowest BCUT2D eigenvalue weighted by Gasteiger charge is -2.28. The molecule has 1 heterocycles. The average molecular weight is 272 g/mol. The Morgan fingerprint density at radius 3 is 2.90 bits per heavy atom. The van der Waals surface area contributed by atoms with Crippen LogP contribution < -0.4 is 11.1 Å². The minimum atomic E-state index is -0.884. The number of carbonyl (C=O) groups is 1. The van der Waals surface area contributed by atoms with Gasteiger partial charge in [0.05, 0.1) is 5.69 Å². The van der Waals surface area contributed by atoms with Crippen LogP contribution in [-0.2, 0) is 10.3 Å². The molecule has 7 nitrogen and oxygen atoms in total. The molecule has 0 aliphatic heterocycles. The highest BCUT2D eigenvalue weighted by Gasteiger charge is 2.38. The third-order valence-corrected chi connectivity index (χ3v) is 3.60. The number of nitrogens with two attached hydrogens (primary N) is 1. The van der Waals surface area contributed by atoms with E-state index < -0.39 is 11.4 Å². The van der Waals surface area contributed by atoms with E-state index in [9.17, 15) is 4.79 Å². The highest BCUT2D eigenvalue weighted by molar-refractivity contribution is 5.86. The number of carbonyl (C=O) groups excluding carboxylic acids is 1. The first-order chi connectivity index (χ1) is 9.59. The number of hydrogen-bond acceptors (Lipinski definition) is 5. The Balaban J connectivity index is 1.98. The molecule has 104 valence electrons. The Labute approximate surface area is 116 Å². The van der Waals surface area contributed by atoms with Crippen LogP contribution in [0, 0.1) is 0 Å². The number of primary amides is 1. The summed E-state index contributed by atoms with van der Waals surface area (Å²) in [5.74, 6) is -0.390. The molecule has 0 saturated heterocycles. The first-order valence-electron chi connectivity index (χ1n) is 6.51. The molecule has 1 unspecified atom stereocenters. The van der Waals surface area contributed by atoms with Crippen LogP contribution in [-0.4, -0.2) is 32.2 Å². The number of rotatable bonds is 5. The largest absolute Gasteiger partial charge is 0.368 e. The minimum absolute atomic E-state index is 0.365. The lowest BCUT2D eigenvalue weighted by molar-refractivity contribution is -0.124. The molecule has 1 aliphatic carbocycles. The standard InChI is InChI=1S/C13H16N6O/c1-13(12(14)20,16-10-5-6-10)9-3-2-4-11(7-9)19-8-15-17-18-19/h2-4,7-8,10,16H,5-6H2,1H3,(H2,14,20). The van der Waals surface area contributed by atoms with Gasteiger partial charge in [0.25, 0.3) is 0 Å². The maximum absolute atomic E-state index is 11.9. The molecule has 1 amide bonds. The number of nitrogens with one attached hydrogen (secondary N) is 1. The zero-order valence-electron chi connectivity index (χ0n) is 11.2. The molecule has 2 aromatic rings. The van der Waals surface area contributed by atoms with E-state index >= 15 is 0 Å². The van der Waals surface area contributed by atoms with Gasteiger partial charge in [-0.3, -0.25) is 10.1 Å². The number of nitrogens with zero attached hydrogens (tertiary/aromatic N) is 4. The van der Waals surface area contributed by atoms with E-state index in [0.717, 1.165) is 24.1 Å². The van der Waals surface area contributed by atoms with Crippen LogP contribution in [0.2, 0.25) is 0 Å². The Kier molecular flexibility index (Phi) is 2.98. The van der Waals surface area contributed by atoms with Gasteiger partial charge in [-0.15, -0.1) is 5.10 Å². The average Bonchev–Trinajstić information content (AvgIpc) is 3.08. The zero-order chi connectivity index (χ0) is 14.2. The van der Waals surface area contributed by atoms with Gasteiger partial charge in [-0.2, -0.15) is 0 Å². The van der Waals surface area contributed by atoms with E-state index in [-0.39, 0.29) is 0 Å². The lowest BCUT2D eigenvalue weighted by Crippen LogP contribution is -2.51. The summed E-state index contributed by atoms with van der Waals surface area (Å²) in [7, 11) is 0. The quantitative estimate of drug-likeness (QED) is 0.805. The maximum atomic E-state index is 11.9. The highest BCUT2D eigenvalue weighted by Crippen LogP contribution is 2.29. The van der Waals surface area contributed by atoms with E-state index in [1.807, 2.05) is 31.2 Å². The molecule has 1 atom stereocenters. The van der Waals surface area contributed by atoms with Crippen LogP contribution >= 0.6 is 0 Å². The van der Waals surface area contributed by atoms with Crippen molar-refractivity contribution < 1.29 is 4.79 Å². The molecule has 0 bridgehead atoms. The van der Waals surface area contributed by atoms with Gasteiger partial charge < -0.3 is 5.73 Å². The van der Waals surface area contributed by atoms with E-state index in [4.69, 9.17) is 5.73 Å². The summed E-state index contributed by atoms with van der Waals surface area (Å²) in [6.07, 6.45) is 3.67. The number of amides is 1. The van der Waals surface area contributed by atoms with Gasteiger partial charge in [0.15, 0.2) is 0 Å². The normalized spacial score (nSPS) is 17.6. The molecular formula is C13H16N6O. The molecule has 20 heavy (non-hydrogen) atoms. The topological polar surface area (TPSA) is 98.7 Å². The Morgan fingerprint density at radius 1 is 1.50 bits per heavy atom. The van der Waals surface area contributed by atoms with Crippen molar-refractivity contribution in [3.05, 3.63) is 36.2 Å². The Bertz CT molecular complexity index is 622. The van der Waals surface area contributed by atoms with Crippen LogP contribution in [0.1, 0.15) is 25.3 Å². The second-order valence-electron chi connectivity index (χ2n) is 5.21. The smallest absolute Gasteiger partial charge is 0.242 e. The Morgan fingerprint density at radius 2 is 2.30 bits per heavy atom. The summed E-state index contributed by atoms with van der Waals surface area (Å²) in [5, 5.41) is 14.4. The second kappa shape index (κ2) is 4.68. The van der Waals surface area contributed by atoms with Gasteiger partial charge in [-0.25, -0.2) is 4.68 Å². The van der Waals surface area contributed by atoms with E-state index in [1.165, 1.54) is 6.33 Å². The fourth-order valence-electron chi connectivity index (χ4n) is 2.17. The Hall–Kier alpha value is -2.28. The summed E-state index contributed by atoms with van der Waals surface area (Å²) >= 11 is 0. The number of benzene rings is 1. The molecule has 1 aromatic heterocycles. The molecule has 1 aliphatic rings. The second-order valence-corrected chi connectivity index (χ2v) is 5.21. The lowest BCUT2D eigenvalue weighted by atomic mass is 9.90. The molecule has 1 saturated carbocycles. The monoisotopic (exact) mass is 272 g/mol. The highest BCUT2D eigenvalue weighted by atomic mass is 16.1. The van der Waals surface area contributed by atoms with Crippen molar-refractivity contribution in [2.24, 2.45) is 5.73 Å². The summed E-state index contributed by atoms with van der Waals surface area (Å²) in [6.45, 7) is 1.81. The fraction of sp³-hybridized carbons (Fsp3) is 0.385. The van der Waals surface area contributed by atoms with Gasteiger partial charge in [-0.1, -0.05) is 12.1 Å². The van der Waals surface area contributed by atoms with Crippen LogP contribution in [0.25, 0.3) is 5.69 Å². The van der Waals surface area contributed by atoms with E-state index in [0.29, 0.717) is 6.04 Å². The van der Waals surface area contributed by atoms with Gasteiger partial charge >= 0.3 is 0 Å². The van der Waals surface area contributed by atoms with Gasteiger partial charge in [0.1, 0.15) is 11.9 Å². The summed E-state index contributed by atoms with van der Waals surface area (Å²) in [6, 6.07) is 7.86. The summed E-state index contributed by atoms with van der Waals surface area (Å²) in [5.41, 5.74) is 6.32. The van der Waals surface area contributed by atoms with Crippen molar-refractivity contribution in [2.45, 2.75) is 31.3 Å². The van der Waals surface area contributed by atoms with E-state index in [2.05, 4.69) is 20.8 Å². The van der Waals surface area contributed by atoms with E-state index in [1.54, 1.807) is 4.68 Å². The third-order valence-electron chi connectivity index (χ3n) is 3.60. The maximum Gasteiger partial charge on any atom is 0.242 e. The predicted molar refractivity (Wildman–Crippen MR) is 71.9 cm³/mol. The molecule has 0 spiro atoms. The molecule has 7 heteroatoms. The predicted octanol–water partition coefficient (Wildman–Crippen LogP) is 0.115. The van der Waals surface area contributed by atoms with Crippen molar-refractivity contribution >= 4 is 5.91 Å². The number of aromatic nitrogens is 4. The summed E-state index contributed by atoms with van der Waals surface area (Å²) in [4.78, 5) is 11.9. The molecule has 0 radical (unpaired) electrons. The molecule has 3 rings (SSSR count). The zero-order valence-corrected chi connectivity index (χ0v) is 11.2. The van der Waals surface area contributed by atoms with Crippen LogP contribution in [0.15, 0.2) is 30.6 Å². The minimum Gasteiger partial charge on any atom is -0.368 e. The molecular weight excluding hydrogens is 256 g/mol.